The number of halogens is 1. The zero-order valence-corrected chi connectivity index (χ0v) is 18.0. The topological polar surface area (TPSA) is 39.2 Å². The Morgan fingerprint density at radius 2 is 2.03 bits per heavy atom. The van der Waals surface area contributed by atoms with Crippen LogP contribution in [0, 0.1) is 12.7 Å². The minimum atomic E-state index is -0.448. The van der Waals surface area contributed by atoms with Crippen molar-refractivity contribution >= 4 is 27.5 Å². The molecule has 1 aliphatic carbocycles. The first-order valence-corrected chi connectivity index (χ1v) is 11.2. The standard InChI is InChI=1S/C24H26FNO2S/c1-4-9-17(24(27)28-3)20-14(2)26-23-22(16-11-6-8-13-19(16)29-23)21(20)15-10-5-7-12-18(15)25/h5,7,10,12,17H,4,6,8-9,11,13H2,1-3H3. The number of thiophene rings is 1. The maximum absolute atomic E-state index is 15.1. The Balaban J connectivity index is 2.12. The summed E-state index contributed by atoms with van der Waals surface area (Å²) in [7, 11) is 1.42. The molecule has 1 unspecified atom stereocenters. The zero-order chi connectivity index (χ0) is 20.5. The van der Waals surface area contributed by atoms with E-state index in [4.69, 9.17) is 9.72 Å². The van der Waals surface area contributed by atoms with Gasteiger partial charge in [0.2, 0.25) is 0 Å². The molecule has 0 amide bonds. The van der Waals surface area contributed by atoms with Crippen molar-refractivity contribution in [2.24, 2.45) is 0 Å². The summed E-state index contributed by atoms with van der Waals surface area (Å²) in [6.45, 7) is 3.98. The lowest BCUT2D eigenvalue weighted by Crippen LogP contribution is -2.17. The van der Waals surface area contributed by atoms with Gasteiger partial charge >= 0.3 is 5.97 Å². The van der Waals surface area contributed by atoms with E-state index in [9.17, 15) is 4.79 Å². The van der Waals surface area contributed by atoms with Gasteiger partial charge in [-0.25, -0.2) is 9.37 Å². The summed E-state index contributed by atoms with van der Waals surface area (Å²) in [6.07, 6.45) is 5.83. The Kier molecular flexibility index (Phi) is 5.68. The van der Waals surface area contributed by atoms with Gasteiger partial charge in [-0.1, -0.05) is 31.5 Å². The predicted molar refractivity (Wildman–Crippen MR) is 116 cm³/mol. The van der Waals surface area contributed by atoms with E-state index >= 15 is 4.39 Å². The van der Waals surface area contributed by atoms with E-state index in [0.717, 1.165) is 52.7 Å². The van der Waals surface area contributed by atoms with Gasteiger partial charge in [0.1, 0.15) is 10.6 Å². The summed E-state index contributed by atoms with van der Waals surface area (Å²) in [5.41, 5.74) is 4.30. The van der Waals surface area contributed by atoms with E-state index in [2.05, 4.69) is 0 Å². The van der Waals surface area contributed by atoms with Gasteiger partial charge in [-0.3, -0.25) is 4.79 Å². The molecule has 1 aromatic carbocycles. The van der Waals surface area contributed by atoms with Crippen LogP contribution in [0.15, 0.2) is 24.3 Å². The van der Waals surface area contributed by atoms with Crippen molar-refractivity contribution < 1.29 is 13.9 Å². The Bertz CT molecular complexity index is 1070. The molecular weight excluding hydrogens is 385 g/mol. The van der Waals surface area contributed by atoms with E-state index in [-0.39, 0.29) is 11.8 Å². The smallest absolute Gasteiger partial charge is 0.313 e. The first-order valence-electron chi connectivity index (χ1n) is 10.3. The zero-order valence-electron chi connectivity index (χ0n) is 17.2. The molecule has 2 heterocycles. The number of methoxy groups -OCH3 is 1. The minimum Gasteiger partial charge on any atom is -0.469 e. The number of esters is 1. The summed E-state index contributed by atoms with van der Waals surface area (Å²) >= 11 is 1.73. The molecule has 1 aliphatic rings. The number of rotatable bonds is 5. The maximum atomic E-state index is 15.1. The van der Waals surface area contributed by atoms with Crippen LogP contribution in [-0.4, -0.2) is 18.1 Å². The van der Waals surface area contributed by atoms with Gasteiger partial charge in [-0.15, -0.1) is 11.3 Å². The van der Waals surface area contributed by atoms with Crippen LogP contribution in [0.1, 0.15) is 60.2 Å². The van der Waals surface area contributed by atoms with Crippen LogP contribution in [0.5, 0.6) is 0 Å². The highest BCUT2D eigenvalue weighted by Gasteiger charge is 2.31. The largest absolute Gasteiger partial charge is 0.469 e. The molecule has 152 valence electrons. The second kappa shape index (κ2) is 8.23. The first kappa shape index (κ1) is 20.0. The van der Waals surface area contributed by atoms with Crippen LogP contribution >= 0.6 is 11.3 Å². The summed E-state index contributed by atoms with van der Waals surface area (Å²) < 4.78 is 20.2. The van der Waals surface area contributed by atoms with Gasteiger partial charge in [0.25, 0.3) is 0 Å². The SMILES string of the molecule is CCCC(C(=O)OC)c1c(C)nc2sc3c(c2c1-c1ccccc1F)CCCC3. The van der Waals surface area contributed by atoms with Crippen LogP contribution in [0.2, 0.25) is 0 Å². The summed E-state index contributed by atoms with van der Waals surface area (Å²) in [4.78, 5) is 20.0. The quantitative estimate of drug-likeness (QED) is 0.460. The molecular formula is C24H26FNO2S. The van der Waals surface area contributed by atoms with Crippen LogP contribution in [0.25, 0.3) is 21.3 Å². The lowest BCUT2D eigenvalue weighted by atomic mass is 9.83. The highest BCUT2D eigenvalue weighted by molar-refractivity contribution is 7.19. The molecule has 0 radical (unpaired) electrons. The average molecular weight is 412 g/mol. The lowest BCUT2D eigenvalue weighted by Gasteiger charge is -2.22. The van der Waals surface area contributed by atoms with Gasteiger partial charge in [0.15, 0.2) is 0 Å². The Morgan fingerprint density at radius 1 is 1.28 bits per heavy atom. The fourth-order valence-corrected chi connectivity index (χ4v) is 5.91. The molecule has 0 saturated heterocycles. The lowest BCUT2D eigenvalue weighted by molar-refractivity contribution is -0.142. The third kappa shape index (κ3) is 3.46. The Morgan fingerprint density at radius 3 is 2.76 bits per heavy atom. The molecule has 2 aromatic heterocycles. The Hall–Kier alpha value is -2.27. The second-order valence-corrected chi connectivity index (χ2v) is 8.80. The van der Waals surface area contributed by atoms with Crippen molar-refractivity contribution in [1.29, 1.82) is 0 Å². The number of pyridine rings is 1. The number of benzene rings is 1. The van der Waals surface area contributed by atoms with Crippen LogP contribution in [0.3, 0.4) is 0 Å². The van der Waals surface area contributed by atoms with E-state index in [1.54, 1.807) is 17.4 Å². The van der Waals surface area contributed by atoms with E-state index in [1.807, 2.05) is 26.0 Å². The normalized spacial score (nSPS) is 14.6. The molecule has 3 aromatic rings. The van der Waals surface area contributed by atoms with Crippen molar-refractivity contribution in [2.75, 3.05) is 7.11 Å². The van der Waals surface area contributed by atoms with Gasteiger partial charge in [0.05, 0.1) is 13.0 Å². The first-order chi connectivity index (χ1) is 14.1. The number of ether oxygens (including phenoxy) is 1. The number of carbonyl (C=O) groups is 1. The molecule has 0 bridgehead atoms. The maximum Gasteiger partial charge on any atom is 0.313 e. The number of hydrogen-bond donors (Lipinski definition) is 0. The number of aryl methyl sites for hydroxylation is 3. The minimum absolute atomic E-state index is 0.267. The van der Waals surface area contributed by atoms with Gasteiger partial charge in [-0.05, 0) is 56.2 Å². The van der Waals surface area contributed by atoms with Crippen molar-refractivity contribution in [3.63, 3.8) is 0 Å². The fourth-order valence-electron chi connectivity index (χ4n) is 4.60. The highest BCUT2D eigenvalue weighted by Crippen LogP contribution is 2.46. The number of nitrogens with zero attached hydrogens (tertiary/aromatic N) is 1. The summed E-state index contributed by atoms with van der Waals surface area (Å²) in [6, 6.07) is 6.87. The predicted octanol–water partition coefficient (Wildman–Crippen LogP) is 6.35. The molecule has 29 heavy (non-hydrogen) atoms. The average Bonchev–Trinajstić information content (AvgIpc) is 3.09. The highest BCUT2D eigenvalue weighted by atomic mass is 32.1. The summed E-state index contributed by atoms with van der Waals surface area (Å²) in [5.74, 6) is -0.995. The Labute approximate surface area is 174 Å². The molecule has 3 nitrogen and oxygen atoms in total. The molecule has 1 atom stereocenters. The van der Waals surface area contributed by atoms with Crippen LogP contribution in [0.4, 0.5) is 4.39 Å². The third-order valence-corrected chi connectivity index (χ3v) is 7.07. The summed E-state index contributed by atoms with van der Waals surface area (Å²) in [5, 5.41) is 1.04. The molecule has 5 heteroatoms. The van der Waals surface area contributed by atoms with Crippen molar-refractivity contribution in [3.8, 4) is 11.1 Å². The molecule has 0 N–H and O–H groups in total. The molecule has 0 saturated carbocycles. The number of fused-ring (bicyclic) bond motifs is 3. The van der Waals surface area contributed by atoms with Crippen molar-refractivity contribution in [2.45, 2.75) is 58.3 Å². The number of hydrogen-bond acceptors (Lipinski definition) is 4. The second-order valence-electron chi connectivity index (χ2n) is 7.72. The van der Waals surface area contributed by atoms with Gasteiger partial charge in [-0.2, -0.15) is 0 Å². The number of aromatic nitrogens is 1. The van der Waals surface area contributed by atoms with Crippen molar-refractivity contribution in [3.05, 3.63) is 51.8 Å². The molecule has 0 spiro atoms. The van der Waals surface area contributed by atoms with Crippen LogP contribution < -0.4 is 0 Å². The van der Waals surface area contributed by atoms with E-state index in [1.165, 1.54) is 30.0 Å². The van der Waals surface area contributed by atoms with Crippen molar-refractivity contribution in [1.82, 2.24) is 4.98 Å². The third-order valence-electron chi connectivity index (χ3n) is 5.89. The van der Waals surface area contributed by atoms with Gasteiger partial charge in [0, 0.05) is 27.1 Å². The monoisotopic (exact) mass is 411 g/mol. The molecule has 0 aliphatic heterocycles. The van der Waals surface area contributed by atoms with E-state index < -0.39 is 5.92 Å². The molecule has 4 rings (SSSR count). The van der Waals surface area contributed by atoms with E-state index in [0.29, 0.717) is 12.0 Å². The fraction of sp³-hybridized carbons (Fsp3) is 0.417. The van der Waals surface area contributed by atoms with Gasteiger partial charge < -0.3 is 4.74 Å². The molecule has 0 fully saturated rings. The number of carbonyl (C=O) groups excluding carboxylic acids is 1. The van der Waals surface area contributed by atoms with Crippen LogP contribution in [-0.2, 0) is 22.4 Å².